The average molecular weight is 285 g/mol. The van der Waals surface area contributed by atoms with Crippen LogP contribution in [0.5, 0.6) is 0 Å². The summed E-state index contributed by atoms with van der Waals surface area (Å²) in [5.74, 6) is -0.368. The highest BCUT2D eigenvalue weighted by Crippen LogP contribution is 2.38. The fourth-order valence-electron chi connectivity index (χ4n) is 2.37. The first kappa shape index (κ1) is 12.6. The molecule has 2 heterocycles. The number of thiophene rings is 1. The highest BCUT2D eigenvalue weighted by molar-refractivity contribution is 7.16. The highest BCUT2D eigenvalue weighted by Gasteiger charge is 2.23. The lowest BCUT2D eigenvalue weighted by molar-refractivity contribution is 0.102. The lowest BCUT2D eigenvalue weighted by Gasteiger charge is -2.03. The number of aryl methyl sites for hydroxylation is 1. The minimum Gasteiger partial charge on any atom is -0.329 e. The lowest BCUT2D eigenvalue weighted by atomic mass is 10.1. The van der Waals surface area contributed by atoms with Crippen molar-refractivity contribution >= 4 is 22.2 Å². The predicted octanol–water partition coefficient (Wildman–Crippen LogP) is 2.05. The number of carbonyl (C=O) groups is 1. The first-order chi connectivity index (χ1) is 9.69. The van der Waals surface area contributed by atoms with Crippen molar-refractivity contribution in [3.8, 4) is 6.07 Å². The monoisotopic (exact) mass is 285 g/mol. The van der Waals surface area contributed by atoms with Gasteiger partial charge in [0.25, 0.3) is 5.91 Å². The molecule has 0 spiro atoms. The van der Waals surface area contributed by atoms with E-state index >= 15 is 0 Å². The van der Waals surface area contributed by atoms with Crippen LogP contribution in [0.3, 0.4) is 0 Å². The Balaban J connectivity index is 1.91. The van der Waals surface area contributed by atoms with Gasteiger partial charge < -0.3 is 10.3 Å². The fraction of sp³-hybridized carbons (Fsp3) is 0.214. The van der Waals surface area contributed by atoms with Crippen LogP contribution in [0.4, 0.5) is 5.00 Å². The molecular formula is C14H11N3O2S. The van der Waals surface area contributed by atoms with Crippen molar-refractivity contribution < 1.29 is 4.79 Å². The Morgan fingerprint density at radius 2 is 2.30 bits per heavy atom. The number of anilines is 1. The molecule has 0 saturated heterocycles. The Morgan fingerprint density at radius 3 is 3.05 bits per heavy atom. The molecule has 0 bridgehead atoms. The number of aromatic amines is 1. The van der Waals surface area contributed by atoms with Crippen molar-refractivity contribution in [3.63, 3.8) is 0 Å². The van der Waals surface area contributed by atoms with Gasteiger partial charge in [-0.15, -0.1) is 11.3 Å². The highest BCUT2D eigenvalue weighted by atomic mass is 32.1. The number of pyridine rings is 1. The summed E-state index contributed by atoms with van der Waals surface area (Å²) in [5.41, 5.74) is 1.59. The summed E-state index contributed by atoms with van der Waals surface area (Å²) in [6, 6.07) is 4.94. The second kappa shape index (κ2) is 4.94. The predicted molar refractivity (Wildman–Crippen MR) is 76.1 cm³/mol. The number of nitrogens with zero attached hydrogens (tertiary/aromatic N) is 1. The number of H-pyrrole nitrogens is 1. The van der Waals surface area contributed by atoms with Gasteiger partial charge in [0, 0.05) is 22.7 Å². The van der Waals surface area contributed by atoms with E-state index in [9.17, 15) is 14.9 Å². The Kier molecular flexibility index (Phi) is 3.12. The van der Waals surface area contributed by atoms with E-state index in [0.717, 1.165) is 24.8 Å². The van der Waals surface area contributed by atoms with Crippen LogP contribution in [0.2, 0.25) is 0 Å². The van der Waals surface area contributed by atoms with Gasteiger partial charge in [-0.05, 0) is 30.9 Å². The Bertz CT molecular complexity index is 782. The van der Waals surface area contributed by atoms with Gasteiger partial charge in [0.15, 0.2) is 0 Å². The van der Waals surface area contributed by atoms with Crippen LogP contribution in [0.1, 0.15) is 32.8 Å². The summed E-state index contributed by atoms with van der Waals surface area (Å²) in [5, 5.41) is 12.6. The molecule has 5 nitrogen and oxygen atoms in total. The second-order valence-corrected chi connectivity index (χ2v) is 5.67. The van der Waals surface area contributed by atoms with Crippen molar-refractivity contribution in [1.82, 2.24) is 4.98 Å². The molecule has 20 heavy (non-hydrogen) atoms. The molecule has 1 amide bonds. The normalized spacial score (nSPS) is 12.8. The van der Waals surface area contributed by atoms with Crippen molar-refractivity contribution in [2.45, 2.75) is 19.3 Å². The van der Waals surface area contributed by atoms with E-state index in [1.54, 1.807) is 0 Å². The first-order valence-corrected chi connectivity index (χ1v) is 7.05. The Labute approximate surface area is 118 Å². The number of nitriles is 1. The lowest BCUT2D eigenvalue weighted by Crippen LogP contribution is -2.15. The first-order valence-electron chi connectivity index (χ1n) is 6.24. The number of hydrogen-bond acceptors (Lipinski definition) is 4. The number of hydrogen-bond donors (Lipinski definition) is 2. The van der Waals surface area contributed by atoms with Gasteiger partial charge in [0.05, 0.1) is 5.56 Å². The number of fused-ring (bicyclic) bond motifs is 1. The van der Waals surface area contributed by atoms with E-state index < -0.39 is 0 Å². The SMILES string of the molecule is N#Cc1c(NC(=O)c2cc[nH]c(=O)c2)sc2c1CCC2. The van der Waals surface area contributed by atoms with E-state index in [1.165, 1.54) is 34.5 Å². The molecule has 0 aromatic carbocycles. The van der Waals surface area contributed by atoms with Crippen LogP contribution in [0, 0.1) is 11.3 Å². The van der Waals surface area contributed by atoms with Gasteiger partial charge >= 0.3 is 0 Å². The number of rotatable bonds is 2. The maximum absolute atomic E-state index is 12.1. The Hall–Kier alpha value is -2.39. The van der Waals surface area contributed by atoms with E-state index in [0.29, 0.717) is 10.6 Å². The molecular weight excluding hydrogens is 274 g/mol. The summed E-state index contributed by atoms with van der Waals surface area (Å²) in [6.07, 6.45) is 4.36. The van der Waals surface area contributed by atoms with Crippen molar-refractivity contribution in [2.75, 3.05) is 5.32 Å². The molecule has 0 aliphatic heterocycles. The van der Waals surface area contributed by atoms with E-state index in [-0.39, 0.29) is 17.0 Å². The number of amides is 1. The smallest absolute Gasteiger partial charge is 0.256 e. The van der Waals surface area contributed by atoms with Crippen LogP contribution in [-0.4, -0.2) is 10.9 Å². The number of carbonyl (C=O) groups excluding carboxylic acids is 1. The van der Waals surface area contributed by atoms with Gasteiger partial charge in [0.2, 0.25) is 5.56 Å². The molecule has 0 saturated carbocycles. The van der Waals surface area contributed by atoms with Crippen LogP contribution in [0.15, 0.2) is 23.1 Å². The number of aromatic nitrogens is 1. The van der Waals surface area contributed by atoms with Gasteiger partial charge in [-0.1, -0.05) is 0 Å². The second-order valence-electron chi connectivity index (χ2n) is 4.57. The van der Waals surface area contributed by atoms with Crippen LogP contribution >= 0.6 is 11.3 Å². The fourth-order valence-corrected chi connectivity index (χ4v) is 3.61. The Morgan fingerprint density at radius 1 is 1.45 bits per heavy atom. The quantitative estimate of drug-likeness (QED) is 0.885. The molecule has 1 aliphatic carbocycles. The molecule has 2 aromatic heterocycles. The van der Waals surface area contributed by atoms with Crippen LogP contribution in [0.25, 0.3) is 0 Å². The standard InChI is InChI=1S/C14H11N3O2S/c15-7-10-9-2-1-3-11(9)20-14(10)17-13(19)8-4-5-16-12(18)6-8/h4-6H,1-3H2,(H,16,18)(H,17,19). The van der Waals surface area contributed by atoms with E-state index in [2.05, 4.69) is 16.4 Å². The van der Waals surface area contributed by atoms with Crippen molar-refractivity contribution in [3.05, 3.63) is 50.3 Å². The van der Waals surface area contributed by atoms with E-state index in [4.69, 9.17) is 0 Å². The minimum absolute atomic E-state index is 0.284. The number of nitrogens with one attached hydrogen (secondary N) is 2. The third kappa shape index (κ3) is 2.12. The largest absolute Gasteiger partial charge is 0.329 e. The molecule has 0 atom stereocenters. The van der Waals surface area contributed by atoms with Gasteiger partial charge in [-0.25, -0.2) is 0 Å². The summed E-state index contributed by atoms with van der Waals surface area (Å²) >= 11 is 1.46. The van der Waals surface area contributed by atoms with Gasteiger partial charge in [-0.3, -0.25) is 9.59 Å². The average Bonchev–Trinajstić information content (AvgIpc) is 2.98. The zero-order valence-electron chi connectivity index (χ0n) is 10.5. The van der Waals surface area contributed by atoms with E-state index in [1.807, 2.05) is 0 Å². The summed E-state index contributed by atoms with van der Waals surface area (Å²) in [7, 11) is 0. The summed E-state index contributed by atoms with van der Waals surface area (Å²) in [4.78, 5) is 26.9. The van der Waals surface area contributed by atoms with Gasteiger partial charge in [0.1, 0.15) is 11.1 Å². The zero-order chi connectivity index (χ0) is 14.1. The molecule has 3 rings (SSSR count). The molecule has 0 radical (unpaired) electrons. The summed E-state index contributed by atoms with van der Waals surface area (Å²) < 4.78 is 0. The molecule has 0 fully saturated rings. The molecule has 2 aromatic rings. The minimum atomic E-state index is -0.368. The maximum Gasteiger partial charge on any atom is 0.256 e. The zero-order valence-corrected chi connectivity index (χ0v) is 11.3. The van der Waals surface area contributed by atoms with Crippen molar-refractivity contribution in [1.29, 1.82) is 5.26 Å². The van der Waals surface area contributed by atoms with Gasteiger partial charge in [-0.2, -0.15) is 5.26 Å². The van der Waals surface area contributed by atoms with Crippen LogP contribution in [-0.2, 0) is 12.8 Å². The summed E-state index contributed by atoms with van der Waals surface area (Å²) in [6.45, 7) is 0. The third-order valence-electron chi connectivity index (χ3n) is 3.30. The molecule has 100 valence electrons. The van der Waals surface area contributed by atoms with Crippen LogP contribution < -0.4 is 10.9 Å². The molecule has 0 unspecified atom stereocenters. The molecule has 1 aliphatic rings. The maximum atomic E-state index is 12.1. The topological polar surface area (TPSA) is 85.8 Å². The molecule has 2 N–H and O–H groups in total. The molecule has 6 heteroatoms. The van der Waals surface area contributed by atoms with Crippen molar-refractivity contribution in [2.24, 2.45) is 0 Å². The third-order valence-corrected chi connectivity index (χ3v) is 4.50.